The molecular formula is C16H20N2. The normalized spacial score (nSPS) is 10.3. The third-order valence-corrected chi connectivity index (χ3v) is 2.96. The molecule has 0 aliphatic rings. The van der Waals surface area contributed by atoms with Crippen molar-refractivity contribution in [1.82, 2.24) is 4.98 Å². The maximum absolute atomic E-state index is 4.33. The summed E-state index contributed by atoms with van der Waals surface area (Å²) in [5.41, 5.74) is 3.80. The van der Waals surface area contributed by atoms with Gasteiger partial charge in [-0.25, -0.2) is 0 Å². The lowest BCUT2D eigenvalue weighted by Gasteiger charge is -2.11. The second-order valence-electron chi connectivity index (χ2n) is 4.40. The molecule has 2 rings (SSSR count). The van der Waals surface area contributed by atoms with Gasteiger partial charge in [-0.05, 0) is 30.2 Å². The Kier molecular flexibility index (Phi) is 4.77. The van der Waals surface area contributed by atoms with E-state index in [1.807, 2.05) is 18.3 Å². The second-order valence-corrected chi connectivity index (χ2v) is 4.40. The van der Waals surface area contributed by atoms with Gasteiger partial charge < -0.3 is 5.32 Å². The average molecular weight is 240 g/mol. The van der Waals surface area contributed by atoms with Crippen molar-refractivity contribution >= 4 is 5.69 Å². The molecule has 0 saturated carbocycles. The van der Waals surface area contributed by atoms with Crippen LogP contribution in [0.15, 0.2) is 48.7 Å². The molecule has 0 aliphatic heterocycles. The number of rotatable bonds is 6. The van der Waals surface area contributed by atoms with Gasteiger partial charge in [0.05, 0.1) is 0 Å². The first-order valence-corrected chi connectivity index (χ1v) is 6.62. The highest BCUT2D eigenvalue weighted by Gasteiger charge is 2.00. The van der Waals surface area contributed by atoms with E-state index >= 15 is 0 Å². The summed E-state index contributed by atoms with van der Waals surface area (Å²) in [6, 6.07) is 14.6. The number of aryl methyl sites for hydroxylation is 1. The van der Waals surface area contributed by atoms with Gasteiger partial charge in [0.25, 0.3) is 0 Å². The van der Waals surface area contributed by atoms with Gasteiger partial charge in [-0.3, -0.25) is 4.98 Å². The zero-order valence-corrected chi connectivity index (χ0v) is 10.9. The third-order valence-electron chi connectivity index (χ3n) is 2.96. The molecule has 0 atom stereocenters. The SMILES string of the molecule is CCCc1ccccc1NCCc1ccccn1. The molecule has 0 bridgehead atoms. The predicted octanol–water partition coefficient (Wildman–Crippen LogP) is 3.69. The van der Waals surface area contributed by atoms with Crippen LogP contribution in [0.1, 0.15) is 24.6 Å². The van der Waals surface area contributed by atoms with E-state index in [1.165, 1.54) is 17.7 Å². The number of hydrogen-bond acceptors (Lipinski definition) is 2. The highest BCUT2D eigenvalue weighted by Crippen LogP contribution is 2.16. The number of para-hydroxylation sites is 1. The molecule has 2 aromatic rings. The van der Waals surface area contributed by atoms with E-state index in [2.05, 4.69) is 47.6 Å². The second kappa shape index (κ2) is 6.80. The molecule has 1 N–H and O–H groups in total. The van der Waals surface area contributed by atoms with Crippen molar-refractivity contribution in [3.8, 4) is 0 Å². The van der Waals surface area contributed by atoms with Crippen LogP contribution >= 0.6 is 0 Å². The highest BCUT2D eigenvalue weighted by atomic mass is 14.9. The topological polar surface area (TPSA) is 24.9 Å². The summed E-state index contributed by atoms with van der Waals surface area (Å²) >= 11 is 0. The molecule has 2 heteroatoms. The first kappa shape index (κ1) is 12.6. The van der Waals surface area contributed by atoms with E-state index in [-0.39, 0.29) is 0 Å². The van der Waals surface area contributed by atoms with Crippen molar-refractivity contribution in [2.24, 2.45) is 0 Å². The molecule has 0 fully saturated rings. The van der Waals surface area contributed by atoms with Gasteiger partial charge in [0.1, 0.15) is 0 Å². The maximum atomic E-state index is 4.33. The Balaban J connectivity index is 1.90. The largest absolute Gasteiger partial charge is 0.384 e. The van der Waals surface area contributed by atoms with Gasteiger partial charge in [0, 0.05) is 30.5 Å². The fraction of sp³-hybridized carbons (Fsp3) is 0.312. The van der Waals surface area contributed by atoms with Crippen LogP contribution in [0.4, 0.5) is 5.69 Å². The lowest BCUT2D eigenvalue weighted by Crippen LogP contribution is -2.07. The van der Waals surface area contributed by atoms with Crippen molar-refractivity contribution in [3.63, 3.8) is 0 Å². The minimum Gasteiger partial charge on any atom is -0.384 e. The van der Waals surface area contributed by atoms with Crippen molar-refractivity contribution in [1.29, 1.82) is 0 Å². The average Bonchev–Trinajstić information content (AvgIpc) is 2.42. The Bertz CT molecular complexity index is 466. The molecular weight excluding hydrogens is 220 g/mol. The number of anilines is 1. The smallest absolute Gasteiger partial charge is 0.0421 e. The molecule has 1 heterocycles. The van der Waals surface area contributed by atoms with Crippen LogP contribution in [0, 0.1) is 0 Å². The van der Waals surface area contributed by atoms with Crippen LogP contribution in [0.3, 0.4) is 0 Å². The zero-order chi connectivity index (χ0) is 12.6. The van der Waals surface area contributed by atoms with E-state index in [0.717, 1.165) is 25.1 Å². The molecule has 0 amide bonds. The fourth-order valence-corrected chi connectivity index (χ4v) is 2.05. The lowest BCUT2D eigenvalue weighted by molar-refractivity contribution is 0.912. The van der Waals surface area contributed by atoms with Crippen LogP contribution in [-0.2, 0) is 12.8 Å². The third kappa shape index (κ3) is 3.59. The van der Waals surface area contributed by atoms with Crippen LogP contribution in [0.2, 0.25) is 0 Å². The first-order chi connectivity index (χ1) is 8.90. The van der Waals surface area contributed by atoms with Gasteiger partial charge in [0.2, 0.25) is 0 Å². The quantitative estimate of drug-likeness (QED) is 0.833. The Labute approximate surface area is 109 Å². The van der Waals surface area contributed by atoms with Crippen LogP contribution in [0.5, 0.6) is 0 Å². The minimum absolute atomic E-state index is 0.928. The molecule has 94 valence electrons. The lowest BCUT2D eigenvalue weighted by atomic mass is 10.1. The van der Waals surface area contributed by atoms with Crippen LogP contribution in [-0.4, -0.2) is 11.5 Å². The summed E-state index contributed by atoms with van der Waals surface area (Å²) in [5, 5.41) is 3.51. The maximum Gasteiger partial charge on any atom is 0.0421 e. The van der Waals surface area contributed by atoms with Gasteiger partial charge in [-0.15, -0.1) is 0 Å². The van der Waals surface area contributed by atoms with Gasteiger partial charge in [-0.2, -0.15) is 0 Å². The molecule has 1 aromatic carbocycles. The van der Waals surface area contributed by atoms with Crippen molar-refractivity contribution in [3.05, 3.63) is 59.9 Å². The minimum atomic E-state index is 0.928. The van der Waals surface area contributed by atoms with Crippen LogP contribution < -0.4 is 5.32 Å². The zero-order valence-electron chi connectivity index (χ0n) is 10.9. The van der Waals surface area contributed by atoms with Crippen molar-refractivity contribution < 1.29 is 0 Å². The summed E-state index contributed by atoms with van der Waals surface area (Å²) < 4.78 is 0. The molecule has 0 radical (unpaired) electrons. The Hall–Kier alpha value is -1.83. The van der Waals surface area contributed by atoms with Gasteiger partial charge in [-0.1, -0.05) is 37.6 Å². The number of pyridine rings is 1. The number of benzene rings is 1. The van der Waals surface area contributed by atoms with Crippen molar-refractivity contribution in [2.75, 3.05) is 11.9 Å². The fourth-order valence-electron chi connectivity index (χ4n) is 2.05. The van der Waals surface area contributed by atoms with E-state index < -0.39 is 0 Å². The summed E-state index contributed by atoms with van der Waals surface area (Å²) in [6.45, 7) is 3.14. The molecule has 0 unspecified atom stereocenters. The van der Waals surface area contributed by atoms with E-state index in [9.17, 15) is 0 Å². The Morgan fingerprint density at radius 1 is 1.00 bits per heavy atom. The van der Waals surface area contributed by atoms with Gasteiger partial charge >= 0.3 is 0 Å². The van der Waals surface area contributed by atoms with E-state index in [1.54, 1.807) is 0 Å². The highest BCUT2D eigenvalue weighted by molar-refractivity contribution is 5.51. The van der Waals surface area contributed by atoms with E-state index in [4.69, 9.17) is 0 Å². The number of hydrogen-bond donors (Lipinski definition) is 1. The molecule has 2 nitrogen and oxygen atoms in total. The van der Waals surface area contributed by atoms with Crippen LogP contribution in [0.25, 0.3) is 0 Å². The molecule has 0 spiro atoms. The summed E-state index contributed by atoms with van der Waals surface area (Å²) in [6.07, 6.45) is 5.12. The number of nitrogens with one attached hydrogen (secondary N) is 1. The Morgan fingerprint density at radius 2 is 1.83 bits per heavy atom. The summed E-state index contributed by atoms with van der Waals surface area (Å²) in [7, 11) is 0. The summed E-state index contributed by atoms with van der Waals surface area (Å²) in [4.78, 5) is 4.33. The standard InChI is InChI=1S/C16H20N2/c1-2-7-14-8-3-4-10-16(14)18-13-11-15-9-5-6-12-17-15/h3-6,8-10,12,18H,2,7,11,13H2,1H3. The van der Waals surface area contributed by atoms with E-state index in [0.29, 0.717) is 0 Å². The van der Waals surface area contributed by atoms with Gasteiger partial charge in [0.15, 0.2) is 0 Å². The first-order valence-electron chi connectivity index (χ1n) is 6.62. The predicted molar refractivity (Wildman–Crippen MR) is 76.9 cm³/mol. The molecule has 0 aliphatic carbocycles. The Morgan fingerprint density at radius 3 is 2.61 bits per heavy atom. The van der Waals surface area contributed by atoms with Crippen molar-refractivity contribution in [2.45, 2.75) is 26.2 Å². The molecule has 1 aromatic heterocycles. The monoisotopic (exact) mass is 240 g/mol. The molecule has 0 saturated heterocycles. The molecule has 18 heavy (non-hydrogen) atoms. The summed E-state index contributed by atoms with van der Waals surface area (Å²) in [5.74, 6) is 0. The number of aromatic nitrogens is 1. The number of nitrogens with zero attached hydrogens (tertiary/aromatic N) is 1.